The Morgan fingerprint density at radius 1 is 1.17 bits per heavy atom. The van der Waals surface area contributed by atoms with Crippen molar-refractivity contribution in [3.8, 4) is 0 Å². The van der Waals surface area contributed by atoms with Gasteiger partial charge < -0.3 is 11.1 Å². The van der Waals surface area contributed by atoms with Gasteiger partial charge in [0.2, 0.25) is 0 Å². The first-order chi connectivity index (χ1) is 11.1. The van der Waals surface area contributed by atoms with Crippen molar-refractivity contribution in [2.75, 3.05) is 5.73 Å². The molecule has 1 amide bonds. The molecule has 1 atom stereocenters. The number of halogens is 1. The van der Waals surface area contributed by atoms with Crippen LogP contribution in [0.5, 0.6) is 0 Å². The molecule has 0 fully saturated rings. The molecule has 0 aliphatic carbocycles. The van der Waals surface area contributed by atoms with Crippen molar-refractivity contribution in [2.24, 2.45) is 0 Å². The Labute approximate surface area is 136 Å². The third kappa shape index (κ3) is 3.35. The molecule has 0 saturated carbocycles. The Kier molecular flexibility index (Phi) is 4.29. The molecule has 0 bridgehead atoms. The summed E-state index contributed by atoms with van der Waals surface area (Å²) in [7, 11) is 0. The van der Waals surface area contributed by atoms with Gasteiger partial charge in [-0.2, -0.15) is 0 Å². The summed E-state index contributed by atoms with van der Waals surface area (Å²) in [4.78, 5) is 21.2. The van der Waals surface area contributed by atoms with Crippen molar-refractivity contribution >= 4 is 23.1 Å². The maximum atomic E-state index is 13.2. The van der Waals surface area contributed by atoms with E-state index in [0.29, 0.717) is 0 Å². The molecule has 0 spiro atoms. The molecule has 3 rings (SSSR count). The van der Waals surface area contributed by atoms with Crippen LogP contribution in [0, 0.1) is 5.82 Å². The smallest absolute Gasteiger partial charge is 0.274 e. The normalized spacial score (nSPS) is 11.9. The lowest BCUT2D eigenvalue weighted by molar-refractivity contribution is 0.0939. The minimum absolute atomic E-state index is 0.0639. The number of nitrogens with two attached hydrogens (primary N) is 1. The number of nitrogens with zero attached hydrogens (tertiary/aromatic N) is 2. The number of thiophene rings is 1. The van der Waals surface area contributed by atoms with Crippen LogP contribution < -0.4 is 11.1 Å². The van der Waals surface area contributed by atoms with Gasteiger partial charge in [0.05, 0.1) is 6.04 Å². The summed E-state index contributed by atoms with van der Waals surface area (Å²) < 4.78 is 13.2. The van der Waals surface area contributed by atoms with Crippen LogP contribution in [-0.4, -0.2) is 15.9 Å². The van der Waals surface area contributed by atoms with Crippen molar-refractivity contribution in [2.45, 2.75) is 6.04 Å². The van der Waals surface area contributed by atoms with E-state index in [1.165, 1.54) is 35.9 Å². The summed E-state index contributed by atoms with van der Waals surface area (Å²) in [6, 6.07) is 9.38. The van der Waals surface area contributed by atoms with Crippen LogP contribution in [0.25, 0.3) is 0 Å². The van der Waals surface area contributed by atoms with Gasteiger partial charge in [-0.25, -0.2) is 14.4 Å². The van der Waals surface area contributed by atoms with E-state index < -0.39 is 11.9 Å². The topological polar surface area (TPSA) is 80.9 Å². The Hall–Kier alpha value is -2.80. The second-order valence-corrected chi connectivity index (χ2v) is 5.74. The van der Waals surface area contributed by atoms with Gasteiger partial charge in [-0.05, 0) is 29.1 Å². The summed E-state index contributed by atoms with van der Waals surface area (Å²) in [5, 5.41) is 4.79. The fourth-order valence-corrected chi connectivity index (χ4v) is 2.96. The number of anilines is 1. The number of nitrogens with one attached hydrogen (secondary N) is 1. The zero-order valence-electron chi connectivity index (χ0n) is 11.9. The van der Waals surface area contributed by atoms with Gasteiger partial charge in [-0.1, -0.05) is 18.2 Å². The van der Waals surface area contributed by atoms with E-state index in [-0.39, 0.29) is 17.3 Å². The van der Waals surface area contributed by atoms with Crippen LogP contribution in [0.15, 0.2) is 54.2 Å². The van der Waals surface area contributed by atoms with Gasteiger partial charge in [-0.15, -0.1) is 11.3 Å². The number of hydrogen-bond acceptors (Lipinski definition) is 5. The average Bonchev–Trinajstić information content (AvgIpc) is 3.08. The average molecular weight is 328 g/mol. The molecule has 5 nitrogen and oxygen atoms in total. The highest BCUT2D eigenvalue weighted by Gasteiger charge is 2.21. The van der Waals surface area contributed by atoms with Crippen LogP contribution in [-0.2, 0) is 0 Å². The maximum absolute atomic E-state index is 13.2. The summed E-state index contributed by atoms with van der Waals surface area (Å²) in [5.41, 5.74) is 6.53. The third-order valence-corrected chi connectivity index (χ3v) is 4.19. The van der Waals surface area contributed by atoms with Gasteiger partial charge in [0.25, 0.3) is 5.91 Å². The van der Waals surface area contributed by atoms with E-state index >= 15 is 0 Å². The molecule has 3 aromatic rings. The molecular formula is C16H13FN4OS. The van der Waals surface area contributed by atoms with E-state index in [4.69, 9.17) is 5.73 Å². The molecule has 2 heterocycles. The van der Waals surface area contributed by atoms with Crippen molar-refractivity contribution in [3.63, 3.8) is 0 Å². The Balaban J connectivity index is 1.92. The van der Waals surface area contributed by atoms with E-state index in [0.717, 1.165) is 10.4 Å². The molecule has 0 radical (unpaired) electrons. The summed E-state index contributed by atoms with van der Waals surface area (Å²) >= 11 is 1.50. The third-order valence-electron chi connectivity index (χ3n) is 3.25. The first kappa shape index (κ1) is 15.1. The monoisotopic (exact) mass is 328 g/mol. The van der Waals surface area contributed by atoms with Crippen LogP contribution >= 0.6 is 11.3 Å². The number of rotatable bonds is 4. The van der Waals surface area contributed by atoms with E-state index in [1.54, 1.807) is 12.1 Å². The summed E-state index contributed by atoms with van der Waals surface area (Å²) in [6.45, 7) is 0. The number of amides is 1. The molecule has 0 saturated heterocycles. The lowest BCUT2D eigenvalue weighted by Crippen LogP contribution is -2.30. The second kappa shape index (κ2) is 6.53. The van der Waals surface area contributed by atoms with Crippen LogP contribution in [0.2, 0.25) is 0 Å². The summed E-state index contributed by atoms with van der Waals surface area (Å²) in [6.07, 6.45) is 2.83. The Bertz CT molecular complexity index is 805. The summed E-state index contributed by atoms with van der Waals surface area (Å²) in [5.74, 6) is -0.699. The first-order valence-corrected chi connectivity index (χ1v) is 7.69. The molecule has 1 aromatic carbocycles. The lowest BCUT2D eigenvalue weighted by atomic mass is 10.0. The zero-order chi connectivity index (χ0) is 16.2. The van der Waals surface area contributed by atoms with E-state index in [1.807, 2.05) is 17.5 Å². The molecule has 1 unspecified atom stereocenters. The minimum atomic E-state index is -0.432. The predicted octanol–water partition coefficient (Wildman–Crippen LogP) is 2.78. The lowest BCUT2D eigenvalue weighted by Gasteiger charge is -2.18. The largest absolute Gasteiger partial charge is 0.382 e. The number of nitrogen functional groups attached to an aromatic ring is 1. The number of aromatic nitrogens is 2. The van der Waals surface area contributed by atoms with Crippen LogP contribution in [0.4, 0.5) is 10.2 Å². The van der Waals surface area contributed by atoms with Gasteiger partial charge in [0, 0.05) is 17.3 Å². The SMILES string of the molecule is Nc1nccnc1C(=O)NC(c1ccc(F)cc1)c1cccs1. The second-order valence-electron chi connectivity index (χ2n) is 4.76. The Morgan fingerprint density at radius 3 is 2.57 bits per heavy atom. The van der Waals surface area contributed by atoms with Crippen LogP contribution in [0.3, 0.4) is 0 Å². The van der Waals surface area contributed by atoms with Crippen LogP contribution in [0.1, 0.15) is 27.0 Å². The van der Waals surface area contributed by atoms with E-state index in [9.17, 15) is 9.18 Å². The van der Waals surface area contributed by atoms with Crippen molar-refractivity contribution < 1.29 is 9.18 Å². The van der Waals surface area contributed by atoms with E-state index in [2.05, 4.69) is 15.3 Å². The fraction of sp³-hybridized carbons (Fsp3) is 0.0625. The molecule has 23 heavy (non-hydrogen) atoms. The van der Waals surface area contributed by atoms with Gasteiger partial charge >= 0.3 is 0 Å². The van der Waals surface area contributed by atoms with Crippen molar-refractivity contribution in [1.29, 1.82) is 0 Å². The molecule has 2 aromatic heterocycles. The number of benzene rings is 1. The van der Waals surface area contributed by atoms with Gasteiger partial charge in [-0.3, -0.25) is 4.79 Å². The van der Waals surface area contributed by atoms with Gasteiger partial charge in [0.1, 0.15) is 5.82 Å². The quantitative estimate of drug-likeness (QED) is 0.772. The molecule has 3 N–H and O–H groups in total. The predicted molar refractivity (Wildman–Crippen MR) is 86.5 cm³/mol. The standard InChI is InChI=1S/C16H13FN4OS/c17-11-5-3-10(4-6-11)13(12-2-1-9-23-12)21-16(22)14-15(18)20-8-7-19-14/h1-9,13H,(H2,18,20)(H,21,22). The molecule has 0 aliphatic rings. The van der Waals surface area contributed by atoms with Gasteiger partial charge in [0.15, 0.2) is 11.5 Å². The highest BCUT2D eigenvalue weighted by Crippen LogP contribution is 2.26. The fourth-order valence-electron chi connectivity index (χ4n) is 2.15. The molecule has 116 valence electrons. The van der Waals surface area contributed by atoms with Crippen molar-refractivity contribution in [1.82, 2.24) is 15.3 Å². The zero-order valence-corrected chi connectivity index (χ0v) is 12.8. The number of hydrogen-bond donors (Lipinski definition) is 2. The van der Waals surface area contributed by atoms with Crippen molar-refractivity contribution in [3.05, 3.63) is 76.1 Å². The molecule has 0 aliphatic heterocycles. The number of carbonyl (C=O) groups excluding carboxylic acids is 1. The first-order valence-electron chi connectivity index (χ1n) is 6.81. The minimum Gasteiger partial charge on any atom is -0.382 e. The highest BCUT2D eigenvalue weighted by molar-refractivity contribution is 7.10. The number of carbonyl (C=O) groups is 1. The molecular weight excluding hydrogens is 315 g/mol. The molecule has 7 heteroatoms. The highest BCUT2D eigenvalue weighted by atomic mass is 32.1. The Morgan fingerprint density at radius 2 is 1.91 bits per heavy atom. The maximum Gasteiger partial charge on any atom is 0.274 e.